The molecule has 0 heterocycles. The van der Waals surface area contributed by atoms with Gasteiger partial charge in [0.15, 0.2) is 0 Å². The summed E-state index contributed by atoms with van der Waals surface area (Å²) in [6, 6.07) is 8.22. The first kappa shape index (κ1) is 11.2. The van der Waals surface area contributed by atoms with E-state index in [9.17, 15) is 4.79 Å². The molecule has 1 amide bonds. The lowest BCUT2D eigenvalue weighted by Crippen LogP contribution is -2.27. The van der Waals surface area contributed by atoms with Crippen LogP contribution in [0.3, 0.4) is 0 Å². The highest BCUT2D eigenvalue weighted by Gasteiger charge is 2.07. The number of nitrogens with one attached hydrogen (secondary N) is 1. The molecule has 3 heteroatoms. The van der Waals surface area contributed by atoms with Crippen molar-refractivity contribution in [2.45, 2.75) is 19.9 Å². The van der Waals surface area contributed by atoms with Gasteiger partial charge in [-0.3, -0.25) is 4.79 Å². The molecule has 1 N–H and O–H groups in total. The predicted molar refractivity (Wildman–Crippen MR) is 61.5 cm³/mol. The molecule has 1 aromatic carbocycles. The monoisotopic (exact) mass is 255 g/mol. The maximum atomic E-state index is 11.1. The highest BCUT2D eigenvalue weighted by Crippen LogP contribution is 2.13. The van der Waals surface area contributed by atoms with Gasteiger partial charge in [0.05, 0.1) is 11.4 Å². The normalized spacial score (nSPS) is 12.2. The van der Waals surface area contributed by atoms with Crippen molar-refractivity contribution in [2.24, 2.45) is 0 Å². The van der Waals surface area contributed by atoms with Gasteiger partial charge >= 0.3 is 0 Å². The summed E-state index contributed by atoms with van der Waals surface area (Å²) in [6.07, 6.45) is 0. The van der Waals surface area contributed by atoms with Crippen molar-refractivity contribution in [1.82, 2.24) is 5.32 Å². The molecule has 0 saturated heterocycles. The highest BCUT2D eigenvalue weighted by atomic mass is 79.9. The topological polar surface area (TPSA) is 29.1 Å². The van der Waals surface area contributed by atoms with Crippen molar-refractivity contribution in [3.05, 3.63) is 35.4 Å². The lowest BCUT2D eigenvalue weighted by molar-refractivity contribution is -0.119. The summed E-state index contributed by atoms with van der Waals surface area (Å²) in [5, 5.41) is 3.24. The Bertz CT molecular complexity index is 325. The Morgan fingerprint density at radius 3 is 2.86 bits per heavy atom. The molecule has 0 aliphatic heterocycles. The third kappa shape index (κ3) is 3.14. The van der Waals surface area contributed by atoms with E-state index in [4.69, 9.17) is 0 Å². The average molecular weight is 256 g/mol. The Morgan fingerprint density at radius 1 is 1.57 bits per heavy atom. The molecule has 1 rings (SSSR count). The van der Waals surface area contributed by atoms with Crippen LogP contribution in [0.1, 0.15) is 24.1 Å². The lowest BCUT2D eigenvalue weighted by Gasteiger charge is -2.13. The first-order valence-corrected chi connectivity index (χ1v) is 5.67. The Morgan fingerprint density at radius 2 is 2.29 bits per heavy atom. The molecule has 1 atom stereocenters. The minimum atomic E-state index is 0.0130. The minimum Gasteiger partial charge on any atom is -0.349 e. The molecule has 0 saturated carbocycles. The van der Waals surface area contributed by atoms with Gasteiger partial charge < -0.3 is 5.32 Å². The fraction of sp³-hybridized carbons (Fsp3) is 0.364. The van der Waals surface area contributed by atoms with E-state index < -0.39 is 0 Å². The zero-order valence-electron chi connectivity index (χ0n) is 8.38. The average Bonchev–Trinajstić information content (AvgIpc) is 2.17. The second kappa shape index (κ2) is 5.15. The van der Waals surface area contributed by atoms with Gasteiger partial charge in [-0.2, -0.15) is 0 Å². The highest BCUT2D eigenvalue weighted by molar-refractivity contribution is 9.09. The first-order chi connectivity index (χ1) is 6.63. The number of hydrogen-bond donors (Lipinski definition) is 1. The molecule has 76 valence electrons. The van der Waals surface area contributed by atoms with Gasteiger partial charge in [0.2, 0.25) is 5.91 Å². The molecule has 2 nitrogen and oxygen atoms in total. The Kier molecular flexibility index (Phi) is 4.14. The second-order valence-corrected chi connectivity index (χ2v) is 3.90. The maximum absolute atomic E-state index is 11.1. The van der Waals surface area contributed by atoms with Gasteiger partial charge in [0.25, 0.3) is 0 Å². The van der Waals surface area contributed by atoms with Gasteiger partial charge in [-0.15, -0.1) is 0 Å². The molecule has 0 aliphatic carbocycles. The lowest BCUT2D eigenvalue weighted by atomic mass is 10.1. The molecule has 1 aromatic rings. The molecule has 14 heavy (non-hydrogen) atoms. The predicted octanol–water partition coefficient (Wildman–Crippen LogP) is 2.57. The largest absolute Gasteiger partial charge is 0.349 e. The van der Waals surface area contributed by atoms with E-state index in [1.54, 1.807) is 0 Å². The van der Waals surface area contributed by atoms with Crippen LogP contribution in [0.2, 0.25) is 0 Å². The summed E-state index contributed by atoms with van der Waals surface area (Å²) in [5.74, 6) is 0.0130. The Balaban J connectivity index is 2.69. The standard InChI is InChI=1S/C11H14BrNO/c1-8-4-3-5-10(6-8)9(2)13-11(14)7-12/h3-6,9H,7H2,1-2H3,(H,13,14)/t9-/m1/s1. The number of alkyl halides is 1. The van der Waals surface area contributed by atoms with E-state index in [1.807, 2.05) is 32.0 Å². The van der Waals surface area contributed by atoms with Crippen molar-refractivity contribution >= 4 is 21.8 Å². The van der Waals surface area contributed by atoms with Crippen molar-refractivity contribution in [3.63, 3.8) is 0 Å². The minimum absolute atomic E-state index is 0.0130. The van der Waals surface area contributed by atoms with Gasteiger partial charge in [0, 0.05) is 0 Å². The Hall–Kier alpha value is -0.830. The second-order valence-electron chi connectivity index (χ2n) is 3.34. The van der Waals surface area contributed by atoms with Crippen molar-refractivity contribution in [1.29, 1.82) is 0 Å². The van der Waals surface area contributed by atoms with E-state index in [1.165, 1.54) is 5.56 Å². The summed E-state index contributed by atoms with van der Waals surface area (Å²) < 4.78 is 0. The smallest absolute Gasteiger partial charge is 0.231 e. The molecule has 0 fully saturated rings. The van der Waals surface area contributed by atoms with Crippen molar-refractivity contribution < 1.29 is 4.79 Å². The van der Waals surface area contributed by atoms with E-state index in [-0.39, 0.29) is 11.9 Å². The first-order valence-electron chi connectivity index (χ1n) is 4.55. The van der Waals surface area contributed by atoms with Crippen LogP contribution in [0.15, 0.2) is 24.3 Å². The van der Waals surface area contributed by atoms with Gasteiger partial charge in [-0.25, -0.2) is 0 Å². The van der Waals surface area contributed by atoms with E-state index in [0.717, 1.165) is 5.56 Å². The summed E-state index contributed by atoms with van der Waals surface area (Å²) in [7, 11) is 0. The third-order valence-electron chi connectivity index (χ3n) is 2.04. The fourth-order valence-electron chi connectivity index (χ4n) is 1.30. The summed E-state index contributed by atoms with van der Waals surface area (Å²) in [4.78, 5) is 11.1. The van der Waals surface area contributed by atoms with Crippen LogP contribution < -0.4 is 5.32 Å². The van der Waals surface area contributed by atoms with Gasteiger partial charge in [-0.05, 0) is 19.4 Å². The number of halogens is 1. The van der Waals surface area contributed by atoms with Crippen molar-refractivity contribution in [2.75, 3.05) is 5.33 Å². The van der Waals surface area contributed by atoms with Crippen LogP contribution in [0.4, 0.5) is 0 Å². The van der Waals surface area contributed by atoms with Crippen LogP contribution in [0.25, 0.3) is 0 Å². The van der Waals surface area contributed by atoms with Crippen LogP contribution in [0.5, 0.6) is 0 Å². The molecule has 0 aliphatic rings. The van der Waals surface area contributed by atoms with Crippen LogP contribution in [-0.2, 0) is 4.79 Å². The summed E-state index contributed by atoms with van der Waals surface area (Å²) >= 11 is 3.12. The maximum Gasteiger partial charge on any atom is 0.231 e. The molecule has 0 unspecified atom stereocenters. The zero-order valence-corrected chi connectivity index (χ0v) is 9.97. The summed E-state index contributed by atoms with van der Waals surface area (Å²) in [6.45, 7) is 4.03. The van der Waals surface area contributed by atoms with Crippen molar-refractivity contribution in [3.8, 4) is 0 Å². The molecule has 0 radical (unpaired) electrons. The van der Waals surface area contributed by atoms with Crippen LogP contribution >= 0.6 is 15.9 Å². The van der Waals surface area contributed by atoms with Gasteiger partial charge in [-0.1, -0.05) is 45.8 Å². The Labute approximate surface area is 92.8 Å². The molecule has 0 spiro atoms. The number of carbonyl (C=O) groups excluding carboxylic acids is 1. The quantitative estimate of drug-likeness (QED) is 0.827. The van der Waals surface area contributed by atoms with E-state index >= 15 is 0 Å². The van der Waals surface area contributed by atoms with Crippen LogP contribution in [0, 0.1) is 6.92 Å². The van der Waals surface area contributed by atoms with E-state index in [2.05, 4.69) is 27.3 Å². The summed E-state index contributed by atoms with van der Waals surface area (Å²) in [5.41, 5.74) is 2.35. The number of carbonyl (C=O) groups is 1. The molecule has 0 bridgehead atoms. The molecular formula is C11H14BrNO. The van der Waals surface area contributed by atoms with Crippen LogP contribution in [-0.4, -0.2) is 11.2 Å². The number of aryl methyl sites for hydroxylation is 1. The molecule has 0 aromatic heterocycles. The number of benzene rings is 1. The third-order valence-corrected chi connectivity index (χ3v) is 2.55. The number of rotatable bonds is 3. The number of hydrogen-bond acceptors (Lipinski definition) is 1. The molecular weight excluding hydrogens is 242 g/mol. The number of amides is 1. The fourth-order valence-corrected chi connectivity index (χ4v) is 1.46. The SMILES string of the molecule is Cc1cccc([C@@H](C)NC(=O)CBr)c1. The van der Waals surface area contributed by atoms with Gasteiger partial charge in [0.1, 0.15) is 0 Å². The van der Waals surface area contributed by atoms with E-state index in [0.29, 0.717) is 5.33 Å². The zero-order chi connectivity index (χ0) is 10.6.